The highest BCUT2D eigenvalue weighted by Gasteiger charge is 2.22. The lowest BCUT2D eigenvalue weighted by molar-refractivity contribution is -0.131. The van der Waals surface area contributed by atoms with Gasteiger partial charge in [0.25, 0.3) is 0 Å². The number of aryl methyl sites for hydroxylation is 2. The minimum absolute atomic E-state index is 0.0101. The standard InChI is InChI=1S/C17H20N4O2S2/c22-13(18-8-14(23)21-6-1-2-7-21)9-24-16-15-11-4-3-5-12(11)25-17(15)20-10-19-16/h10H,1-9H2,(H,18,22). The Bertz CT molecular complexity index is 814. The molecule has 0 atom stereocenters. The summed E-state index contributed by atoms with van der Waals surface area (Å²) in [6.45, 7) is 1.71. The molecule has 6 nitrogen and oxygen atoms in total. The van der Waals surface area contributed by atoms with Crippen molar-refractivity contribution in [2.24, 2.45) is 0 Å². The maximum atomic E-state index is 12.1. The van der Waals surface area contributed by atoms with Gasteiger partial charge in [0.05, 0.1) is 12.3 Å². The third-order valence-corrected chi connectivity index (χ3v) is 6.89. The first-order chi connectivity index (χ1) is 12.2. The first kappa shape index (κ1) is 16.8. The quantitative estimate of drug-likeness (QED) is 0.638. The SMILES string of the molecule is O=C(CSc1ncnc2sc3c(c12)CCC3)NCC(=O)N1CCCC1. The summed E-state index contributed by atoms with van der Waals surface area (Å²) in [5.74, 6) is 0.149. The van der Waals surface area contributed by atoms with Crippen LogP contribution in [0.25, 0.3) is 10.2 Å². The minimum Gasteiger partial charge on any atom is -0.346 e. The molecule has 2 aliphatic rings. The molecule has 1 aliphatic carbocycles. The lowest BCUT2D eigenvalue weighted by Crippen LogP contribution is -2.39. The van der Waals surface area contributed by atoms with Gasteiger partial charge in [0, 0.05) is 23.4 Å². The molecule has 8 heteroatoms. The van der Waals surface area contributed by atoms with Crippen molar-refractivity contribution in [2.75, 3.05) is 25.4 Å². The predicted octanol–water partition coefficient (Wildman–Crippen LogP) is 2.01. The van der Waals surface area contributed by atoms with Crippen LogP contribution in [0.5, 0.6) is 0 Å². The van der Waals surface area contributed by atoms with E-state index in [0.29, 0.717) is 0 Å². The first-order valence-corrected chi connectivity index (χ1v) is 10.4. The fourth-order valence-electron chi connectivity index (χ4n) is 3.45. The highest BCUT2D eigenvalue weighted by atomic mass is 32.2. The number of fused-ring (bicyclic) bond motifs is 3. The smallest absolute Gasteiger partial charge is 0.241 e. The number of amides is 2. The molecule has 132 valence electrons. The van der Waals surface area contributed by atoms with E-state index in [0.717, 1.165) is 54.0 Å². The van der Waals surface area contributed by atoms with Crippen LogP contribution in [0.3, 0.4) is 0 Å². The van der Waals surface area contributed by atoms with Crippen LogP contribution < -0.4 is 5.32 Å². The van der Waals surface area contributed by atoms with Crippen LogP contribution in [0, 0.1) is 0 Å². The fourth-order valence-corrected chi connectivity index (χ4v) is 5.60. The Morgan fingerprint density at radius 1 is 1.20 bits per heavy atom. The third-order valence-electron chi connectivity index (χ3n) is 4.70. The highest BCUT2D eigenvalue weighted by Crippen LogP contribution is 2.39. The zero-order valence-electron chi connectivity index (χ0n) is 13.9. The van der Waals surface area contributed by atoms with Crippen LogP contribution in [0.4, 0.5) is 0 Å². The summed E-state index contributed by atoms with van der Waals surface area (Å²) in [6.07, 6.45) is 7.08. The van der Waals surface area contributed by atoms with Gasteiger partial charge in [-0.05, 0) is 37.7 Å². The maximum absolute atomic E-state index is 12.1. The molecule has 0 aromatic carbocycles. The van der Waals surface area contributed by atoms with Crippen LogP contribution in [0.2, 0.25) is 0 Å². The molecule has 2 aromatic heterocycles. The van der Waals surface area contributed by atoms with Gasteiger partial charge in [-0.15, -0.1) is 11.3 Å². The van der Waals surface area contributed by atoms with Crippen LogP contribution >= 0.6 is 23.1 Å². The summed E-state index contributed by atoms with van der Waals surface area (Å²) in [6, 6.07) is 0. The number of nitrogens with zero attached hydrogens (tertiary/aromatic N) is 3. The number of likely N-dealkylation sites (tertiary alicyclic amines) is 1. The molecular weight excluding hydrogens is 356 g/mol. The van der Waals surface area contributed by atoms with Crippen LogP contribution in [-0.2, 0) is 22.4 Å². The number of hydrogen-bond donors (Lipinski definition) is 1. The Labute approximate surface area is 154 Å². The molecule has 1 saturated heterocycles. The Kier molecular flexibility index (Phi) is 4.89. The zero-order valence-corrected chi connectivity index (χ0v) is 15.5. The molecule has 0 saturated carbocycles. The van der Waals surface area contributed by atoms with E-state index < -0.39 is 0 Å². The maximum Gasteiger partial charge on any atom is 0.241 e. The van der Waals surface area contributed by atoms with Crippen molar-refractivity contribution >= 4 is 45.1 Å². The van der Waals surface area contributed by atoms with E-state index in [2.05, 4.69) is 15.3 Å². The average molecular weight is 377 g/mol. The van der Waals surface area contributed by atoms with Crippen LogP contribution in [-0.4, -0.2) is 52.1 Å². The van der Waals surface area contributed by atoms with Crippen molar-refractivity contribution in [3.63, 3.8) is 0 Å². The van der Waals surface area contributed by atoms with Crippen LogP contribution in [0.15, 0.2) is 11.4 Å². The fraction of sp³-hybridized carbons (Fsp3) is 0.529. The monoisotopic (exact) mass is 376 g/mol. The molecule has 1 N–H and O–H groups in total. The molecule has 3 heterocycles. The highest BCUT2D eigenvalue weighted by molar-refractivity contribution is 8.00. The molecule has 0 radical (unpaired) electrons. The number of carbonyl (C=O) groups excluding carboxylic acids is 2. The summed E-state index contributed by atoms with van der Waals surface area (Å²) in [7, 11) is 0. The molecule has 0 bridgehead atoms. The van der Waals surface area contributed by atoms with Crippen LogP contribution in [0.1, 0.15) is 29.7 Å². The molecular formula is C17H20N4O2S2. The van der Waals surface area contributed by atoms with Crippen molar-refractivity contribution in [3.8, 4) is 0 Å². The molecule has 1 aliphatic heterocycles. The van der Waals surface area contributed by atoms with Gasteiger partial charge in [0.15, 0.2) is 0 Å². The van der Waals surface area contributed by atoms with E-state index in [-0.39, 0.29) is 24.1 Å². The second kappa shape index (κ2) is 7.29. The summed E-state index contributed by atoms with van der Waals surface area (Å²) >= 11 is 3.18. The summed E-state index contributed by atoms with van der Waals surface area (Å²) in [5, 5.41) is 4.74. The number of thioether (sulfide) groups is 1. The Hall–Kier alpha value is -1.67. The first-order valence-electron chi connectivity index (χ1n) is 8.65. The van der Waals surface area contributed by atoms with Gasteiger partial charge in [0.1, 0.15) is 16.2 Å². The van der Waals surface area contributed by atoms with Crippen molar-refractivity contribution in [1.82, 2.24) is 20.2 Å². The van der Waals surface area contributed by atoms with E-state index >= 15 is 0 Å². The van der Waals surface area contributed by atoms with E-state index in [1.54, 1.807) is 17.7 Å². The van der Waals surface area contributed by atoms with E-state index in [1.165, 1.54) is 28.6 Å². The van der Waals surface area contributed by atoms with Gasteiger partial charge in [-0.1, -0.05) is 11.8 Å². The topological polar surface area (TPSA) is 75.2 Å². The van der Waals surface area contributed by atoms with Gasteiger partial charge in [-0.2, -0.15) is 0 Å². The number of hydrogen-bond acceptors (Lipinski definition) is 6. The van der Waals surface area contributed by atoms with Crippen molar-refractivity contribution in [1.29, 1.82) is 0 Å². The number of aromatic nitrogens is 2. The van der Waals surface area contributed by atoms with E-state index in [4.69, 9.17) is 0 Å². The van der Waals surface area contributed by atoms with Gasteiger partial charge < -0.3 is 10.2 Å². The van der Waals surface area contributed by atoms with Gasteiger partial charge >= 0.3 is 0 Å². The Balaban J connectivity index is 1.36. The van der Waals surface area contributed by atoms with Gasteiger partial charge in [-0.25, -0.2) is 9.97 Å². The number of thiophene rings is 1. The lowest BCUT2D eigenvalue weighted by Gasteiger charge is -2.15. The molecule has 2 aromatic rings. The largest absolute Gasteiger partial charge is 0.346 e. The van der Waals surface area contributed by atoms with Crippen molar-refractivity contribution in [2.45, 2.75) is 37.1 Å². The molecule has 0 unspecified atom stereocenters. The van der Waals surface area contributed by atoms with Crippen molar-refractivity contribution < 1.29 is 9.59 Å². The molecule has 1 fully saturated rings. The summed E-state index contributed by atoms with van der Waals surface area (Å²) in [4.78, 5) is 37.1. The minimum atomic E-state index is -0.129. The lowest BCUT2D eigenvalue weighted by atomic mass is 10.2. The van der Waals surface area contributed by atoms with E-state index in [9.17, 15) is 9.59 Å². The predicted molar refractivity (Wildman–Crippen MR) is 99.0 cm³/mol. The summed E-state index contributed by atoms with van der Waals surface area (Å²) in [5.41, 5.74) is 1.37. The normalized spacial score (nSPS) is 16.4. The number of carbonyl (C=O) groups is 2. The molecule has 2 amide bonds. The Morgan fingerprint density at radius 2 is 2.04 bits per heavy atom. The molecule has 4 rings (SSSR count). The van der Waals surface area contributed by atoms with Crippen molar-refractivity contribution in [3.05, 3.63) is 16.8 Å². The average Bonchev–Trinajstić information content (AvgIpc) is 3.33. The molecule has 0 spiro atoms. The van der Waals surface area contributed by atoms with E-state index in [1.807, 2.05) is 4.90 Å². The second-order valence-corrected chi connectivity index (χ2v) is 8.42. The number of rotatable bonds is 5. The van der Waals surface area contributed by atoms with Gasteiger partial charge in [-0.3, -0.25) is 9.59 Å². The Morgan fingerprint density at radius 3 is 2.88 bits per heavy atom. The number of nitrogens with one attached hydrogen (secondary N) is 1. The van der Waals surface area contributed by atoms with Gasteiger partial charge in [0.2, 0.25) is 11.8 Å². The summed E-state index contributed by atoms with van der Waals surface area (Å²) < 4.78 is 0. The molecule has 25 heavy (non-hydrogen) atoms. The third kappa shape index (κ3) is 3.50. The zero-order chi connectivity index (χ0) is 17.2. The second-order valence-electron chi connectivity index (χ2n) is 6.37.